The zero-order valence-corrected chi connectivity index (χ0v) is 17.8. The van der Waals surface area contributed by atoms with Crippen LogP contribution in [0.3, 0.4) is 0 Å². The molecule has 2 aromatic carbocycles. The molecular weight excluding hydrogens is 402 g/mol. The summed E-state index contributed by atoms with van der Waals surface area (Å²) in [5, 5.41) is 5.17. The number of anilines is 1. The average molecular weight is 430 g/mol. The van der Waals surface area contributed by atoms with Gasteiger partial charge in [0.1, 0.15) is 0 Å². The Morgan fingerprint density at radius 3 is 2.53 bits per heavy atom. The molecule has 2 N–H and O–H groups in total. The molecule has 1 saturated heterocycles. The predicted molar refractivity (Wildman–Crippen MR) is 115 cm³/mol. The van der Waals surface area contributed by atoms with Crippen molar-refractivity contribution < 1.29 is 18.0 Å². The highest BCUT2D eigenvalue weighted by Gasteiger charge is 2.33. The average Bonchev–Trinajstić information content (AvgIpc) is 2.74. The summed E-state index contributed by atoms with van der Waals surface area (Å²) in [5.41, 5.74) is 1.53. The van der Waals surface area contributed by atoms with Gasteiger partial charge in [0.15, 0.2) is 0 Å². The summed E-state index contributed by atoms with van der Waals surface area (Å²) in [6.45, 7) is 2.59. The third-order valence-electron chi connectivity index (χ3n) is 5.17. The Kier molecular flexibility index (Phi) is 7.23. The van der Waals surface area contributed by atoms with Crippen molar-refractivity contribution in [1.82, 2.24) is 9.62 Å². The molecule has 0 aromatic heterocycles. The highest BCUT2D eigenvalue weighted by atomic mass is 32.2. The Balaban J connectivity index is 1.56. The van der Waals surface area contributed by atoms with Gasteiger partial charge in [-0.3, -0.25) is 9.59 Å². The molecule has 160 valence electrons. The van der Waals surface area contributed by atoms with Crippen molar-refractivity contribution in [1.29, 1.82) is 0 Å². The van der Waals surface area contributed by atoms with E-state index in [2.05, 4.69) is 10.6 Å². The first-order valence-electron chi connectivity index (χ1n) is 10.1. The van der Waals surface area contributed by atoms with E-state index in [0.717, 1.165) is 24.8 Å². The summed E-state index contributed by atoms with van der Waals surface area (Å²) < 4.78 is 27.5. The highest BCUT2D eigenvalue weighted by molar-refractivity contribution is 7.89. The summed E-state index contributed by atoms with van der Waals surface area (Å²) in [7, 11) is -3.58. The lowest BCUT2D eigenvalue weighted by atomic mass is 10.0. The summed E-state index contributed by atoms with van der Waals surface area (Å²) >= 11 is 0. The van der Waals surface area contributed by atoms with Gasteiger partial charge in [-0.2, -0.15) is 4.31 Å². The lowest BCUT2D eigenvalue weighted by molar-refractivity contribution is -0.136. The molecule has 3 rings (SSSR count). The smallest absolute Gasteiger partial charge is 0.313 e. The first-order chi connectivity index (χ1) is 14.4. The van der Waals surface area contributed by atoms with Crippen LogP contribution < -0.4 is 10.6 Å². The van der Waals surface area contributed by atoms with E-state index in [1.165, 1.54) is 4.31 Å². The molecule has 1 atom stereocenters. The van der Waals surface area contributed by atoms with Crippen LogP contribution in [0.1, 0.15) is 31.2 Å². The molecule has 1 fully saturated rings. The van der Waals surface area contributed by atoms with Crippen LogP contribution in [-0.2, 0) is 19.6 Å². The zero-order chi connectivity index (χ0) is 21.6. The fourth-order valence-electron chi connectivity index (χ4n) is 3.65. The molecule has 0 radical (unpaired) electrons. The topological polar surface area (TPSA) is 95.6 Å². The van der Waals surface area contributed by atoms with E-state index in [9.17, 15) is 18.0 Å². The Bertz CT molecular complexity index is 992. The van der Waals surface area contributed by atoms with Crippen LogP contribution in [0.4, 0.5) is 5.69 Å². The number of amides is 2. The van der Waals surface area contributed by atoms with Crippen molar-refractivity contribution >= 4 is 27.5 Å². The number of nitrogens with zero attached hydrogens (tertiary/aromatic N) is 1. The maximum absolute atomic E-state index is 13.0. The number of rotatable bonds is 6. The second-order valence-electron chi connectivity index (χ2n) is 7.45. The molecular formula is C22H27N3O4S. The highest BCUT2D eigenvalue weighted by Crippen LogP contribution is 2.26. The Labute approximate surface area is 177 Å². The third kappa shape index (κ3) is 5.46. The van der Waals surface area contributed by atoms with Crippen LogP contribution in [0.15, 0.2) is 59.5 Å². The van der Waals surface area contributed by atoms with Gasteiger partial charge in [0.05, 0.1) is 4.90 Å². The minimum absolute atomic E-state index is 0.205. The molecule has 0 unspecified atom stereocenters. The summed E-state index contributed by atoms with van der Waals surface area (Å²) in [6, 6.07) is 15.4. The SMILES string of the molecule is Cc1cccc(NC(=O)C(=O)NCC[C@@H]2CCCCN2S(=O)(=O)c2ccccc2)c1. The fourth-order valence-corrected chi connectivity index (χ4v) is 5.39. The first-order valence-corrected chi connectivity index (χ1v) is 11.5. The van der Waals surface area contributed by atoms with Crippen molar-refractivity contribution in [3.05, 3.63) is 60.2 Å². The Morgan fingerprint density at radius 1 is 1.03 bits per heavy atom. The number of sulfonamides is 1. The molecule has 1 aliphatic rings. The van der Waals surface area contributed by atoms with Crippen molar-refractivity contribution in [3.8, 4) is 0 Å². The monoisotopic (exact) mass is 429 g/mol. The van der Waals surface area contributed by atoms with Crippen LogP contribution in [0.25, 0.3) is 0 Å². The number of carbonyl (C=O) groups is 2. The third-order valence-corrected chi connectivity index (χ3v) is 7.13. The van der Waals surface area contributed by atoms with E-state index in [1.807, 2.05) is 13.0 Å². The minimum atomic E-state index is -3.58. The van der Waals surface area contributed by atoms with Crippen molar-refractivity contribution in [3.63, 3.8) is 0 Å². The first kappa shape index (κ1) is 22.0. The number of benzene rings is 2. The maximum Gasteiger partial charge on any atom is 0.313 e. The van der Waals surface area contributed by atoms with Gasteiger partial charge in [-0.25, -0.2) is 8.42 Å². The van der Waals surface area contributed by atoms with E-state index in [4.69, 9.17) is 0 Å². The van der Waals surface area contributed by atoms with Gasteiger partial charge in [0, 0.05) is 24.8 Å². The number of aryl methyl sites for hydroxylation is 1. The molecule has 2 amide bonds. The number of piperidine rings is 1. The van der Waals surface area contributed by atoms with Gasteiger partial charge >= 0.3 is 11.8 Å². The Morgan fingerprint density at radius 2 is 1.80 bits per heavy atom. The van der Waals surface area contributed by atoms with Crippen LogP contribution in [0.5, 0.6) is 0 Å². The van der Waals surface area contributed by atoms with Crippen molar-refractivity contribution in [2.24, 2.45) is 0 Å². The number of hydrogen-bond donors (Lipinski definition) is 2. The molecule has 7 nitrogen and oxygen atoms in total. The molecule has 8 heteroatoms. The van der Waals surface area contributed by atoms with Crippen LogP contribution >= 0.6 is 0 Å². The van der Waals surface area contributed by atoms with Gasteiger partial charge in [-0.05, 0) is 56.0 Å². The summed E-state index contributed by atoms with van der Waals surface area (Å²) in [5.74, 6) is -1.47. The van der Waals surface area contributed by atoms with Crippen LogP contribution in [0.2, 0.25) is 0 Å². The van der Waals surface area contributed by atoms with Gasteiger partial charge in [-0.15, -0.1) is 0 Å². The number of carbonyl (C=O) groups excluding carboxylic acids is 2. The van der Waals surface area contributed by atoms with E-state index in [-0.39, 0.29) is 17.5 Å². The maximum atomic E-state index is 13.0. The number of hydrogen-bond acceptors (Lipinski definition) is 4. The minimum Gasteiger partial charge on any atom is -0.348 e. The normalized spacial score (nSPS) is 17.3. The molecule has 0 bridgehead atoms. The van der Waals surface area contributed by atoms with E-state index >= 15 is 0 Å². The second-order valence-corrected chi connectivity index (χ2v) is 9.34. The summed E-state index contributed by atoms with van der Waals surface area (Å²) in [4.78, 5) is 24.5. The van der Waals surface area contributed by atoms with E-state index in [0.29, 0.717) is 18.7 Å². The standard InChI is InChI=1S/C22H27N3O4S/c1-17-8-7-9-18(16-17)24-22(27)21(26)23-14-13-19-10-5-6-15-25(19)30(28,29)20-11-3-2-4-12-20/h2-4,7-9,11-12,16,19H,5-6,10,13-15H2,1H3,(H,23,26)(H,24,27)/t19-/m0/s1. The van der Waals surface area contributed by atoms with Crippen molar-refractivity contribution in [2.75, 3.05) is 18.4 Å². The molecule has 30 heavy (non-hydrogen) atoms. The van der Waals surface area contributed by atoms with Crippen molar-refractivity contribution in [2.45, 2.75) is 43.5 Å². The molecule has 0 saturated carbocycles. The predicted octanol–water partition coefficient (Wildman–Crippen LogP) is 2.68. The van der Waals surface area contributed by atoms with Crippen LogP contribution in [0, 0.1) is 6.92 Å². The van der Waals surface area contributed by atoms with E-state index in [1.54, 1.807) is 48.5 Å². The van der Waals surface area contributed by atoms with Crippen LogP contribution in [-0.4, -0.2) is 43.7 Å². The Hall–Kier alpha value is -2.71. The quantitative estimate of drug-likeness (QED) is 0.690. The molecule has 0 spiro atoms. The molecule has 2 aromatic rings. The molecule has 1 aliphatic heterocycles. The van der Waals surface area contributed by atoms with Gasteiger partial charge in [0.2, 0.25) is 10.0 Å². The zero-order valence-electron chi connectivity index (χ0n) is 17.0. The lowest BCUT2D eigenvalue weighted by Crippen LogP contribution is -2.45. The molecule has 0 aliphatic carbocycles. The van der Waals surface area contributed by atoms with Gasteiger partial charge in [0.25, 0.3) is 0 Å². The number of nitrogens with one attached hydrogen (secondary N) is 2. The molecule has 1 heterocycles. The fraction of sp³-hybridized carbons (Fsp3) is 0.364. The van der Waals surface area contributed by atoms with E-state index < -0.39 is 21.8 Å². The second kappa shape index (κ2) is 9.86. The van der Waals surface area contributed by atoms with Gasteiger partial charge in [-0.1, -0.05) is 36.8 Å². The van der Waals surface area contributed by atoms with Gasteiger partial charge < -0.3 is 10.6 Å². The lowest BCUT2D eigenvalue weighted by Gasteiger charge is -2.34. The largest absolute Gasteiger partial charge is 0.348 e. The summed E-state index contributed by atoms with van der Waals surface area (Å²) in [6.07, 6.45) is 2.94.